The van der Waals surface area contributed by atoms with Crippen LogP contribution in [0, 0.1) is 12.8 Å². The molecule has 1 N–H and O–H groups in total. The molecule has 2 aromatic heterocycles. The first kappa shape index (κ1) is 16.9. The van der Waals surface area contributed by atoms with Gasteiger partial charge in [-0.15, -0.1) is 0 Å². The lowest BCUT2D eigenvalue weighted by molar-refractivity contribution is -0.0244. The van der Waals surface area contributed by atoms with Gasteiger partial charge in [-0.2, -0.15) is 4.98 Å². The molecule has 1 saturated heterocycles. The fraction of sp³-hybridized carbons (Fsp3) is 0.588. The molecule has 7 heteroatoms. The number of aryl methyl sites for hydroxylation is 1. The van der Waals surface area contributed by atoms with Crippen LogP contribution in [-0.4, -0.2) is 58.9 Å². The minimum atomic E-state index is 0.150. The highest BCUT2D eigenvalue weighted by atomic mass is 16.5. The second kappa shape index (κ2) is 7.72. The van der Waals surface area contributed by atoms with E-state index in [9.17, 15) is 0 Å². The minimum absolute atomic E-state index is 0.150. The molecule has 1 atom stereocenters. The summed E-state index contributed by atoms with van der Waals surface area (Å²) < 4.78 is 11.1. The zero-order valence-corrected chi connectivity index (χ0v) is 14.5. The van der Waals surface area contributed by atoms with Crippen molar-refractivity contribution in [2.75, 3.05) is 38.1 Å². The van der Waals surface area contributed by atoms with Gasteiger partial charge in [0.2, 0.25) is 0 Å². The molecule has 3 heterocycles. The van der Waals surface area contributed by atoms with E-state index in [1.807, 2.05) is 12.1 Å². The van der Waals surface area contributed by atoms with Crippen LogP contribution in [0.3, 0.4) is 0 Å². The standard InChI is InChI=1S/C17H25N5O2/c1-12(2)10-22-7-8-23-14(11-22)9-19-16-15(5-4-6-18-16)17-20-13(3)21-24-17/h4-6,12,14H,7-11H2,1-3H3,(H,18,19). The molecule has 2 aromatic rings. The normalized spacial score (nSPS) is 18.9. The largest absolute Gasteiger partial charge is 0.374 e. The molecule has 130 valence electrons. The Hall–Kier alpha value is -1.99. The van der Waals surface area contributed by atoms with Crippen LogP contribution < -0.4 is 5.32 Å². The van der Waals surface area contributed by atoms with E-state index in [1.54, 1.807) is 13.1 Å². The third kappa shape index (κ3) is 4.30. The molecule has 1 fully saturated rings. The Morgan fingerprint density at radius 1 is 1.42 bits per heavy atom. The van der Waals surface area contributed by atoms with Crippen LogP contribution in [0.1, 0.15) is 19.7 Å². The molecule has 0 aliphatic carbocycles. The molecule has 1 unspecified atom stereocenters. The van der Waals surface area contributed by atoms with E-state index >= 15 is 0 Å². The van der Waals surface area contributed by atoms with Crippen LogP contribution in [-0.2, 0) is 4.74 Å². The molecule has 0 amide bonds. The number of ether oxygens (including phenoxy) is 1. The molecule has 0 spiro atoms. The summed E-state index contributed by atoms with van der Waals surface area (Å²) in [6, 6.07) is 3.79. The van der Waals surface area contributed by atoms with E-state index in [-0.39, 0.29) is 6.10 Å². The highest BCUT2D eigenvalue weighted by molar-refractivity contribution is 5.68. The predicted molar refractivity (Wildman–Crippen MR) is 91.8 cm³/mol. The summed E-state index contributed by atoms with van der Waals surface area (Å²) in [6.07, 6.45) is 1.90. The first-order valence-electron chi connectivity index (χ1n) is 8.45. The van der Waals surface area contributed by atoms with Crippen molar-refractivity contribution in [3.05, 3.63) is 24.2 Å². The van der Waals surface area contributed by atoms with Crippen molar-refractivity contribution >= 4 is 5.82 Å². The molecular weight excluding hydrogens is 306 g/mol. The van der Waals surface area contributed by atoms with Gasteiger partial charge >= 0.3 is 0 Å². The summed E-state index contributed by atoms with van der Waals surface area (Å²) in [7, 11) is 0. The number of hydrogen-bond acceptors (Lipinski definition) is 7. The first-order chi connectivity index (χ1) is 11.6. The molecule has 7 nitrogen and oxygen atoms in total. The van der Waals surface area contributed by atoms with E-state index in [0.717, 1.165) is 37.6 Å². The number of anilines is 1. The smallest absolute Gasteiger partial charge is 0.261 e. The minimum Gasteiger partial charge on any atom is -0.374 e. The van der Waals surface area contributed by atoms with Gasteiger partial charge in [0, 0.05) is 32.4 Å². The van der Waals surface area contributed by atoms with E-state index in [4.69, 9.17) is 9.26 Å². The van der Waals surface area contributed by atoms with Crippen molar-refractivity contribution in [3.8, 4) is 11.5 Å². The SMILES string of the molecule is Cc1noc(-c2cccnc2NCC2CN(CC(C)C)CCO2)n1. The van der Waals surface area contributed by atoms with Crippen molar-refractivity contribution in [2.45, 2.75) is 26.9 Å². The number of rotatable bonds is 6. The zero-order chi connectivity index (χ0) is 16.9. The van der Waals surface area contributed by atoms with Gasteiger partial charge in [-0.05, 0) is 25.0 Å². The molecule has 24 heavy (non-hydrogen) atoms. The third-order valence-corrected chi connectivity index (χ3v) is 3.91. The summed E-state index contributed by atoms with van der Waals surface area (Å²) >= 11 is 0. The fourth-order valence-corrected chi connectivity index (χ4v) is 2.92. The summed E-state index contributed by atoms with van der Waals surface area (Å²) in [5, 5.41) is 7.22. The van der Waals surface area contributed by atoms with Crippen LogP contribution in [0.2, 0.25) is 0 Å². The Kier molecular flexibility index (Phi) is 5.42. The second-order valence-corrected chi connectivity index (χ2v) is 6.57. The van der Waals surface area contributed by atoms with E-state index in [0.29, 0.717) is 24.2 Å². The Morgan fingerprint density at radius 3 is 3.04 bits per heavy atom. The summed E-state index contributed by atoms with van der Waals surface area (Å²) in [6.45, 7) is 10.8. The number of nitrogens with zero attached hydrogens (tertiary/aromatic N) is 4. The van der Waals surface area contributed by atoms with E-state index < -0.39 is 0 Å². The summed E-state index contributed by atoms with van der Waals surface area (Å²) in [5.41, 5.74) is 0.813. The number of nitrogens with one attached hydrogen (secondary N) is 1. The fourth-order valence-electron chi connectivity index (χ4n) is 2.92. The molecule has 1 aliphatic heterocycles. The summed E-state index contributed by atoms with van der Waals surface area (Å²) in [4.78, 5) is 11.2. The lowest BCUT2D eigenvalue weighted by atomic mass is 10.1. The van der Waals surface area contributed by atoms with Gasteiger partial charge in [-0.1, -0.05) is 19.0 Å². The Bertz CT molecular complexity index is 658. The number of hydrogen-bond donors (Lipinski definition) is 1. The highest BCUT2D eigenvalue weighted by Crippen LogP contribution is 2.24. The monoisotopic (exact) mass is 331 g/mol. The maximum Gasteiger partial charge on any atom is 0.261 e. The lowest BCUT2D eigenvalue weighted by Gasteiger charge is -2.34. The van der Waals surface area contributed by atoms with Gasteiger partial charge in [-0.3, -0.25) is 4.90 Å². The zero-order valence-electron chi connectivity index (χ0n) is 14.5. The van der Waals surface area contributed by atoms with E-state index in [1.165, 1.54) is 0 Å². The molecule has 0 bridgehead atoms. The van der Waals surface area contributed by atoms with Crippen LogP contribution in [0.5, 0.6) is 0 Å². The van der Waals surface area contributed by atoms with Crippen LogP contribution in [0.15, 0.2) is 22.9 Å². The van der Waals surface area contributed by atoms with Crippen LogP contribution in [0.25, 0.3) is 11.5 Å². The number of aromatic nitrogens is 3. The first-order valence-corrected chi connectivity index (χ1v) is 8.45. The lowest BCUT2D eigenvalue weighted by Crippen LogP contribution is -2.46. The van der Waals surface area contributed by atoms with Crippen molar-refractivity contribution in [1.29, 1.82) is 0 Å². The Morgan fingerprint density at radius 2 is 2.29 bits per heavy atom. The molecule has 0 aromatic carbocycles. The third-order valence-electron chi connectivity index (χ3n) is 3.91. The van der Waals surface area contributed by atoms with Crippen molar-refractivity contribution in [1.82, 2.24) is 20.0 Å². The van der Waals surface area contributed by atoms with Gasteiger partial charge in [0.1, 0.15) is 5.82 Å². The van der Waals surface area contributed by atoms with E-state index in [2.05, 4.69) is 39.2 Å². The number of pyridine rings is 1. The average molecular weight is 331 g/mol. The second-order valence-electron chi connectivity index (χ2n) is 6.57. The van der Waals surface area contributed by atoms with Crippen molar-refractivity contribution in [2.24, 2.45) is 5.92 Å². The average Bonchev–Trinajstić information content (AvgIpc) is 2.99. The van der Waals surface area contributed by atoms with Crippen molar-refractivity contribution in [3.63, 3.8) is 0 Å². The quantitative estimate of drug-likeness (QED) is 0.869. The maximum absolute atomic E-state index is 5.88. The van der Waals surface area contributed by atoms with Crippen molar-refractivity contribution < 1.29 is 9.26 Å². The Labute approximate surface area is 142 Å². The maximum atomic E-state index is 5.88. The van der Waals surface area contributed by atoms with Gasteiger partial charge in [0.15, 0.2) is 5.82 Å². The van der Waals surface area contributed by atoms with Crippen LogP contribution in [0.4, 0.5) is 5.82 Å². The van der Waals surface area contributed by atoms with Gasteiger partial charge in [0.05, 0.1) is 18.3 Å². The molecule has 1 aliphatic rings. The topological polar surface area (TPSA) is 76.3 Å². The van der Waals surface area contributed by atoms with Gasteiger partial charge < -0.3 is 14.6 Å². The van der Waals surface area contributed by atoms with Gasteiger partial charge in [0.25, 0.3) is 5.89 Å². The Balaban J connectivity index is 1.63. The van der Waals surface area contributed by atoms with Crippen LogP contribution >= 0.6 is 0 Å². The highest BCUT2D eigenvalue weighted by Gasteiger charge is 2.21. The van der Waals surface area contributed by atoms with Gasteiger partial charge in [-0.25, -0.2) is 4.98 Å². The molecule has 0 radical (unpaired) electrons. The molecular formula is C17H25N5O2. The number of morpholine rings is 1. The summed E-state index contributed by atoms with van der Waals surface area (Å²) in [5.74, 6) is 2.50. The predicted octanol–water partition coefficient (Wildman–Crippen LogP) is 2.21. The molecule has 0 saturated carbocycles. The molecule has 3 rings (SSSR count).